The highest BCUT2D eigenvalue weighted by molar-refractivity contribution is 7.89. The van der Waals surface area contributed by atoms with E-state index >= 15 is 0 Å². The van der Waals surface area contributed by atoms with E-state index in [0.29, 0.717) is 24.9 Å². The molecule has 19 heavy (non-hydrogen) atoms. The zero-order valence-corrected chi connectivity index (χ0v) is 12.7. The van der Waals surface area contributed by atoms with Gasteiger partial charge in [0.15, 0.2) is 0 Å². The monoisotopic (exact) mass is 290 g/mol. The third-order valence-corrected chi connectivity index (χ3v) is 6.02. The molecule has 0 aromatic carbocycles. The molecule has 5 nitrogen and oxygen atoms in total. The van der Waals surface area contributed by atoms with E-state index in [2.05, 4.69) is 4.90 Å². The number of ether oxygens (including phenoxy) is 1. The zero-order valence-electron chi connectivity index (χ0n) is 11.9. The van der Waals surface area contributed by atoms with E-state index in [4.69, 9.17) is 4.74 Å². The summed E-state index contributed by atoms with van der Waals surface area (Å²) < 4.78 is 31.5. The fourth-order valence-corrected chi connectivity index (χ4v) is 4.50. The lowest BCUT2D eigenvalue weighted by Gasteiger charge is -2.26. The molecule has 0 aromatic rings. The Kier molecular flexibility index (Phi) is 5.62. The molecule has 6 heteroatoms. The van der Waals surface area contributed by atoms with E-state index in [1.807, 2.05) is 6.92 Å². The van der Waals surface area contributed by atoms with Gasteiger partial charge in [0.25, 0.3) is 0 Å². The van der Waals surface area contributed by atoms with Crippen LogP contribution in [-0.2, 0) is 14.8 Å². The molecule has 0 amide bonds. The third-order valence-electron chi connectivity index (χ3n) is 4.06. The van der Waals surface area contributed by atoms with Crippen LogP contribution in [0.2, 0.25) is 0 Å². The highest BCUT2D eigenvalue weighted by atomic mass is 32.2. The average Bonchev–Trinajstić information content (AvgIpc) is 2.80. The van der Waals surface area contributed by atoms with Crippen LogP contribution in [0.15, 0.2) is 0 Å². The molecule has 0 saturated carbocycles. The van der Waals surface area contributed by atoms with Crippen LogP contribution in [0, 0.1) is 0 Å². The Balaban J connectivity index is 1.88. The van der Waals surface area contributed by atoms with E-state index in [1.54, 1.807) is 4.31 Å². The van der Waals surface area contributed by atoms with E-state index in [9.17, 15) is 8.42 Å². The molecule has 1 unspecified atom stereocenters. The number of nitrogens with zero attached hydrogens (tertiary/aromatic N) is 2. The molecule has 1 atom stereocenters. The van der Waals surface area contributed by atoms with Gasteiger partial charge in [0.2, 0.25) is 10.0 Å². The van der Waals surface area contributed by atoms with Gasteiger partial charge < -0.3 is 4.74 Å². The molecule has 0 spiro atoms. The second kappa shape index (κ2) is 7.02. The second-order valence-electron chi connectivity index (χ2n) is 5.48. The van der Waals surface area contributed by atoms with Gasteiger partial charge in [-0.1, -0.05) is 13.3 Å². The Hall–Kier alpha value is -0.170. The predicted octanol–water partition coefficient (Wildman–Crippen LogP) is 0.913. The van der Waals surface area contributed by atoms with Gasteiger partial charge in [-0.25, -0.2) is 12.7 Å². The molecule has 2 saturated heterocycles. The predicted molar refractivity (Wildman–Crippen MR) is 75.7 cm³/mol. The highest BCUT2D eigenvalue weighted by Gasteiger charge is 2.28. The van der Waals surface area contributed by atoms with Crippen molar-refractivity contribution >= 4 is 10.0 Å². The maximum atomic E-state index is 12.2. The van der Waals surface area contributed by atoms with Crippen LogP contribution in [0.25, 0.3) is 0 Å². The lowest BCUT2D eigenvalue weighted by Crippen LogP contribution is -2.40. The molecular weight excluding hydrogens is 264 g/mol. The average molecular weight is 290 g/mol. The van der Waals surface area contributed by atoms with Crippen LogP contribution >= 0.6 is 0 Å². The summed E-state index contributed by atoms with van der Waals surface area (Å²) in [6, 6.07) is 0.498. The summed E-state index contributed by atoms with van der Waals surface area (Å²) in [4.78, 5) is 2.41. The first-order chi connectivity index (χ1) is 9.13. The van der Waals surface area contributed by atoms with Crippen LogP contribution in [0.4, 0.5) is 0 Å². The van der Waals surface area contributed by atoms with Gasteiger partial charge in [0, 0.05) is 32.3 Å². The Labute approximate surface area is 117 Å². The molecule has 2 heterocycles. The summed E-state index contributed by atoms with van der Waals surface area (Å²) in [7, 11) is -3.04. The summed E-state index contributed by atoms with van der Waals surface area (Å²) in [5, 5.41) is 0. The fourth-order valence-electron chi connectivity index (χ4n) is 2.82. The first kappa shape index (κ1) is 15.2. The van der Waals surface area contributed by atoms with Gasteiger partial charge in [-0.3, -0.25) is 4.90 Å². The topological polar surface area (TPSA) is 49.9 Å². The number of hydrogen-bond acceptors (Lipinski definition) is 4. The minimum absolute atomic E-state index is 0.302. The largest absolute Gasteiger partial charge is 0.380 e. The zero-order chi connectivity index (χ0) is 13.7. The van der Waals surface area contributed by atoms with Gasteiger partial charge in [-0.15, -0.1) is 0 Å². The van der Waals surface area contributed by atoms with Crippen LogP contribution in [0.3, 0.4) is 0 Å². The summed E-state index contributed by atoms with van der Waals surface area (Å²) in [6.07, 6.45) is 3.71. The van der Waals surface area contributed by atoms with E-state index in [1.165, 1.54) is 0 Å². The molecule has 112 valence electrons. The van der Waals surface area contributed by atoms with Gasteiger partial charge in [-0.05, 0) is 25.8 Å². The van der Waals surface area contributed by atoms with Crippen molar-refractivity contribution in [3.8, 4) is 0 Å². The Morgan fingerprint density at radius 3 is 2.74 bits per heavy atom. The molecule has 0 aliphatic carbocycles. The van der Waals surface area contributed by atoms with E-state index in [0.717, 1.165) is 52.0 Å². The molecule has 0 bridgehead atoms. The Morgan fingerprint density at radius 1 is 1.21 bits per heavy atom. The van der Waals surface area contributed by atoms with Gasteiger partial charge >= 0.3 is 0 Å². The maximum absolute atomic E-state index is 12.2. The van der Waals surface area contributed by atoms with Crippen molar-refractivity contribution in [3.05, 3.63) is 0 Å². The van der Waals surface area contributed by atoms with Crippen molar-refractivity contribution in [3.63, 3.8) is 0 Å². The molecule has 0 aromatic heterocycles. The van der Waals surface area contributed by atoms with Crippen molar-refractivity contribution in [1.29, 1.82) is 0 Å². The molecule has 2 aliphatic heterocycles. The molecule has 2 aliphatic rings. The van der Waals surface area contributed by atoms with Crippen LogP contribution in [0.5, 0.6) is 0 Å². The summed E-state index contributed by atoms with van der Waals surface area (Å²) in [5.74, 6) is 0.302. The van der Waals surface area contributed by atoms with Crippen molar-refractivity contribution in [2.24, 2.45) is 0 Å². The van der Waals surface area contributed by atoms with Crippen LogP contribution < -0.4 is 0 Å². The highest BCUT2D eigenvalue weighted by Crippen LogP contribution is 2.16. The van der Waals surface area contributed by atoms with Gasteiger partial charge in [0.1, 0.15) is 0 Å². The summed E-state index contributed by atoms with van der Waals surface area (Å²) in [5.41, 5.74) is 0. The molecular formula is C13H26N2O3S. The molecule has 0 N–H and O–H groups in total. The standard InChI is InChI=1S/C13H26N2O3S/c1-2-3-11-19(16,17)15-7-4-6-14(8-9-15)13-5-10-18-12-13/h13H,2-12H2,1H3. The van der Waals surface area contributed by atoms with E-state index in [-0.39, 0.29) is 0 Å². The Morgan fingerprint density at radius 2 is 2.05 bits per heavy atom. The molecule has 2 fully saturated rings. The lowest BCUT2D eigenvalue weighted by atomic mass is 10.2. The summed E-state index contributed by atoms with van der Waals surface area (Å²) >= 11 is 0. The van der Waals surface area contributed by atoms with E-state index < -0.39 is 10.0 Å². The number of hydrogen-bond donors (Lipinski definition) is 0. The normalized spacial score (nSPS) is 27.5. The van der Waals surface area contributed by atoms with Crippen molar-refractivity contribution < 1.29 is 13.2 Å². The van der Waals surface area contributed by atoms with Crippen LogP contribution in [-0.4, -0.2) is 68.8 Å². The first-order valence-corrected chi connectivity index (χ1v) is 9.04. The van der Waals surface area contributed by atoms with Crippen molar-refractivity contribution in [2.45, 2.75) is 38.6 Å². The van der Waals surface area contributed by atoms with Gasteiger partial charge in [-0.2, -0.15) is 0 Å². The summed E-state index contributed by atoms with van der Waals surface area (Å²) in [6.45, 7) is 6.84. The molecule has 2 rings (SSSR count). The van der Waals surface area contributed by atoms with Crippen molar-refractivity contribution in [1.82, 2.24) is 9.21 Å². The Bertz CT molecular complexity index is 366. The molecule has 0 radical (unpaired) electrons. The van der Waals surface area contributed by atoms with Crippen LogP contribution in [0.1, 0.15) is 32.6 Å². The lowest BCUT2D eigenvalue weighted by molar-refractivity contribution is 0.147. The van der Waals surface area contributed by atoms with Gasteiger partial charge in [0.05, 0.1) is 12.4 Å². The number of sulfonamides is 1. The quantitative estimate of drug-likeness (QED) is 0.755. The smallest absolute Gasteiger partial charge is 0.214 e. The van der Waals surface area contributed by atoms with Crippen molar-refractivity contribution in [2.75, 3.05) is 45.1 Å². The number of unbranched alkanes of at least 4 members (excludes halogenated alkanes) is 1. The number of rotatable bonds is 5. The maximum Gasteiger partial charge on any atom is 0.214 e. The minimum Gasteiger partial charge on any atom is -0.380 e. The third kappa shape index (κ3) is 4.15. The second-order valence-corrected chi connectivity index (χ2v) is 7.56. The SMILES string of the molecule is CCCCS(=O)(=O)N1CCCN(C2CCOC2)CC1. The first-order valence-electron chi connectivity index (χ1n) is 7.43. The fraction of sp³-hybridized carbons (Fsp3) is 1.00. The minimum atomic E-state index is -3.04.